The van der Waals surface area contributed by atoms with Crippen molar-refractivity contribution >= 4 is 29.4 Å². The molecular weight excluding hydrogens is 314 g/mol. The van der Waals surface area contributed by atoms with Gasteiger partial charge < -0.3 is 9.88 Å². The fourth-order valence-corrected chi connectivity index (χ4v) is 3.03. The lowest BCUT2D eigenvalue weighted by molar-refractivity contribution is -0.109. The Morgan fingerprint density at radius 3 is 3.16 bits per heavy atom. The molecule has 1 amide bonds. The van der Waals surface area contributed by atoms with Crippen LogP contribution in [0.3, 0.4) is 0 Å². The first-order valence-corrected chi connectivity index (χ1v) is 8.57. The fraction of sp³-hybridized carbons (Fsp3) is 0.368. The summed E-state index contributed by atoms with van der Waals surface area (Å²) >= 11 is 0. The molecule has 6 nitrogen and oxygen atoms in total. The minimum absolute atomic E-state index is 0.176. The van der Waals surface area contributed by atoms with Crippen molar-refractivity contribution in [2.75, 3.05) is 6.54 Å². The third-order valence-corrected chi connectivity index (χ3v) is 4.35. The number of nitrogens with one attached hydrogen (secondary N) is 1. The zero-order valence-corrected chi connectivity index (χ0v) is 14.1. The van der Waals surface area contributed by atoms with Crippen molar-refractivity contribution in [3.05, 3.63) is 36.3 Å². The van der Waals surface area contributed by atoms with Gasteiger partial charge in [-0.3, -0.25) is 9.79 Å². The monoisotopic (exact) mass is 335 g/mol. The summed E-state index contributed by atoms with van der Waals surface area (Å²) in [6.45, 7) is 0.741. The summed E-state index contributed by atoms with van der Waals surface area (Å²) in [7, 11) is 0. The number of carbonyl (C=O) groups excluding carboxylic acids is 1. The first kappa shape index (κ1) is 16.9. The summed E-state index contributed by atoms with van der Waals surface area (Å²) in [6, 6.07) is 6.48. The van der Waals surface area contributed by atoms with Gasteiger partial charge in [-0.2, -0.15) is 5.26 Å². The Balaban J connectivity index is 1.65. The Hall–Kier alpha value is -2.94. The Morgan fingerprint density at radius 1 is 1.40 bits per heavy atom. The van der Waals surface area contributed by atoms with Crippen LogP contribution >= 0.6 is 0 Å². The molecular formula is C19H21N5O. The molecule has 0 aliphatic carbocycles. The van der Waals surface area contributed by atoms with Gasteiger partial charge in [0.15, 0.2) is 0 Å². The van der Waals surface area contributed by atoms with E-state index in [9.17, 15) is 4.79 Å². The highest BCUT2D eigenvalue weighted by molar-refractivity contribution is 5.82. The van der Waals surface area contributed by atoms with E-state index in [2.05, 4.69) is 33.5 Å². The number of aryl methyl sites for hydroxylation is 1. The summed E-state index contributed by atoms with van der Waals surface area (Å²) < 4.78 is 2.02. The van der Waals surface area contributed by atoms with E-state index in [0.29, 0.717) is 6.42 Å². The predicted octanol–water partition coefficient (Wildman–Crippen LogP) is 2.91. The van der Waals surface area contributed by atoms with Crippen molar-refractivity contribution in [1.82, 2.24) is 14.9 Å². The first-order chi connectivity index (χ1) is 12.3. The number of carbonyl (C=O) groups is 1. The van der Waals surface area contributed by atoms with Gasteiger partial charge in [0, 0.05) is 48.9 Å². The topological polar surface area (TPSA) is 83.1 Å². The number of pyridine rings is 1. The number of rotatable bonds is 8. The van der Waals surface area contributed by atoms with E-state index < -0.39 is 0 Å². The Kier molecular flexibility index (Phi) is 5.57. The van der Waals surface area contributed by atoms with E-state index in [1.165, 1.54) is 5.56 Å². The van der Waals surface area contributed by atoms with Crippen LogP contribution in [0.1, 0.15) is 31.2 Å². The first-order valence-electron chi connectivity index (χ1n) is 8.57. The van der Waals surface area contributed by atoms with Crippen molar-refractivity contribution < 1.29 is 4.79 Å². The van der Waals surface area contributed by atoms with E-state index in [4.69, 9.17) is 5.26 Å². The highest BCUT2D eigenvalue weighted by Crippen LogP contribution is 2.25. The number of aliphatic imine (C=N–C) groups is 1. The number of nitriles is 1. The van der Waals surface area contributed by atoms with Gasteiger partial charge in [-0.05, 0) is 37.0 Å². The molecule has 0 radical (unpaired) electrons. The number of allylic oxidation sites excluding steroid dienone is 1. The van der Waals surface area contributed by atoms with Crippen molar-refractivity contribution in [2.45, 2.75) is 32.1 Å². The van der Waals surface area contributed by atoms with Crippen LogP contribution < -0.4 is 5.32 Å². The van der Waals surface area contributed by atoms with Crippen molar-refractivity contribution in [3.63, 3.8) is 0 Å². The molecule has 1 atom stereocenters. The van der Waals surface area contributed by atoms with Crippen molar-refractivity contribution in [1.29, 1.82) is 5.26 Å². The number of unbranched alkanes of at least 4 members (excludes halogenated alkanes) is 2. The quantitative estimate of drug-likeness (QED) is 0.595. The van der Waals surface area contributed by atoms with Crippen molar-refractivity contribution in [2.24, 2.45) is 10.9 Å². The average molecular weight is 335 g/mol. The largest absolute Gasteiger partial charge is 0.359 e. The van der Waals surface area contributed by atoms with Crippen LogP contribution in [-0.4, -0.2) is 28.7 Å². The third kappa shape index (κ3) is 4.13. The minimum Gasteiger partial charge on any atom is -0.359 e. The molecule has 1 unspecified atom stereocenters. The number of fused-ring (bicyclic) bond motifs is 1. The molecule has 3 heterocycles. The van der Waals surface area contributed by atoms with Crippen molar-refractivity contribution in [3.8, 4) is 6.07 Å². The Bertz CT molecular complexity index is 843. The maximum Gasteiger partial charge on any atom is 0.207 e. The highest BCUT2D eigenvalue weighted by atomic mass is 16.1. The molecule has 0 aromatic carbocycles. The summed E-state index contributed by atoms with van der Waals surface area (Å²) in [5.74, 6) is -0.176. The van der Waals surface area contributed by atoms with E-state index >= 15 is 0 Å². The second-order valence-electron chi connectivity index (χ2n) is 6.18. The molecule has 0 saturated heterocycles. The molecule has 128 valence electrons. The van der Waals surface area contributed by atoms with Gasteiger partial charge in [0.05, 0.1) is 12.0 Å². The van der Waals surface area contributed by atoms with E-state index in [-0.39, 0.29) is 5.92 Å². The Labute approximate surface area is 146 Å². The van der Waals surface area contributed by atoms with E-state index in [1.807, 2.05) is 17.0 Å². The van der Waals surface area contributed by atoms with Gasteiger partial charge in [0.1, 0.15) is 5.65 Å². The number of hydrogen-bond donors (Lipinski definition) is 1. The molecule has 25 heavy (non-hydrogen) atoms. The molecule has 0 bridgehead atoms. The summed E-state index contributed by atoms with van der Waals surface area (Å²) in [6.07, 6.45) is 13.0. The summed E-state index contributed by atoms with van der Waals surface area (Å²) in [5, 5.41) is 12.9. The van der Waals surface area contributed by atoms with E-state index in [1.54, 1.807) is 12.4 Å². The summed E-state index contributed by atoms with van der Waals surface area (Å²) in [5.41, 5.74) is 3.12. The van der Waals surface area contributed by atoms with Crippen LogP contribution in [0.5, 0.6) is 0 Å². The lowest BCUT2D eigenvalue weighted by atomic mass is 10.1. The highest BCUT2D eigenvalue weighted by Gasteiger charge is 2.15. The average Bonchev–Trinajstić information content (AvgIpc) is 3.08. The third-order valence-electron chi connectivity index (χ3n) is 4.35. The molecule has 1 aliphatic rings. The van der Waals surface area contributed by atoms with Gasteiger partial charge in [-0.1, -0.05) is 6.42 Å². The molecule has 3 rings (SSSR count). The van der Waals surface area contributed by atoms with Crippen LogP contribution in [-0.2, 0) is 11.2 Å². The zero-order chi connectivity index (χ0) is 17.5. The van der Waals surface area contributed by atoms with Crippen LogP contribution in [0.15, 0.2) is 35.7 Å². The molecule has 0 saturated carbocycles. The molecule has 0 spiro atoms. The maximum atomic E-state index is 10.2. The minimum atomic E-state index is -0.176. The smallest absolute Gasteiger partial charge is 0.207 e. The lowest BCUT2D eigenvalue weighted by Gasteiger charge is -2.14. The molecule has 1 N–H and O–H groups in total. The lowest BCUT2D eigenvalue weighted by Crippen LogP contribution is -2.11. The van der Waals surface area contributed by atoms with Gasteiger partial charge in [-0.25, -0.2) is 4.98 Å². The molecule has 6 heteroatoms. The van der Waals surface area contributed by atoms with Crippen LogP contribution in [0, 0.1) is 17.2 Å². The Morgan fingerprint density at radius 2 is 2.32 bits per heavy atom. The number of hydrogen-bond acceptors (Lipinski definition) is 4. The number of aromatic nitrogens is 2. The number of nitrogens with zero attached hydrogens (tertiary/aromatic N) is 4. The van der Waals surface area contributed by atoms with Crippen LogP contribution in [0.2, 0.25) is 0 Å². The fourth-order valence-electron chi connectivity index (χ4n) is 3.03. The molecule has 1 aliphatic heterocycles. The molecule has 2 aromatic heterocycles. The summed E-state index contributed by atoms with van der Waals surface area (Å²) in [4.78, 5) is 19.0. The maximum absolute atomic E-state index is 10.2. The molecule has 2 aromatic rings. The standard InChI is InChI=1S/C19H21N5O/c20-10-16-9-18(13-22-11-16)24-7-5-17-8-15(12-23-19(17)24)4-2-1-3-6-21-14-25/h5,7-8,11-14,16H,1-4,6,9H2,(H,21,25). The second kappa shape index (κ2) is 8.25. The van der Waals surface area contributed by atoms with Gasteiger partial charge in [0.25, 0.3) is 0 Å². The second-order valence-corrected chi connectivity index (χ2v) is 6.18. The van der Waals surface area contributed by atoms with Crippen LogP contribution in [0.4, 0.5) is 0 Å². The number of amides is 1. The normalized spacial score (nSPS) is 16.4. The predicted molar refractivity (Wildman–Crippen MR) is 97.8 cm³/mol. The van der Waals surface area contributed by atoms with Gasteiger partial charge in [-0.15, -0.1) is 0 Å². The van der Waals surface area contributed by atoms with E-state index in [0.717, 1.165) is 55.4 Å². The van der Waals surface area contributed by atoms with Crippen LogP contribution in [0.25, 0.3) is 16.7 Å². The molecule has 0 fully saturated rings. The zero-order valence-electron chi connectivity index (χ0n) is 14.1. The SMILES string of the molecule is N#CC1C=NC=C(n2ccc3cc(CCCCCNC=O)cnc32)C1. The van der Waals surface area contributed by atoms with Gasteiger partial charge >= 0.3 is 0 Å². The van der Waals surface area contributed by atoms with Gasteiger partial charge in [0.2, 0.25) is 6.41 Å².